The van der Waals surface area contributed by atoms with Crippen LogP contribution in [-0.2, 0) is 9.53 Å². The van der Waals surface area contributed by atoms with E-state index >= 15 is 0 Å². The summed E-state index contributed by atoms with van der Waals surface area (Å²) in [6.45, 7) is 3.75. The smallest absolute Gasteiger partial charge is 0.355 e. The number of carbonyl (C=O) groups excluding carboxylic acids is 2. The van der Waals surface area contributed by atoms with Gasteiger partial charge in [-0.3, -0.25) is 4.79 Å². The van der Waals surface area contributed by atoms with Gasteiger partial charge in [0.1, 0.15) is 5.69 Å². The molecular weight excluding hydrogens is 336 g/mol. The van der Waals surface area contributed by atoms with Gasteiger partial charge in [0.05, 0.1) is 0 Å². The van der Waals surface area contributed by atoms with Gasteiger partial charge < -0.3 is 15.0 Å². The van der Waals surface area contributed by atoms with E-state index in [0.717, 1.165) is 23.7 Å². The van der Waals surface area contributed by atoms with E-state index in [2.05, 4.69) is 33.2 Å². The van der Waals surface area contributed by atoms with Crippen LogP contribution in [0.15, 0.2) is 16.7 Å². The van der Waals surface area contributed by atoms with Crippen molar-refractivity contribution in [3.8, 4) is 0 Å². The van der Waals surface area contributed by atoms with Crippen molar-refractivity contribution in [1.29, 1.82) is 0 Å². The van der Waals surface area contributed by atoms with Crippen molar-refractivity contribution in [2.45, 2.75) is 51.7 Å². The average Bonchev–Trinajstić information content (AvgIpc) is 2.88. The minimum atomic E-state index is -0.797. The molecule has 0 aromatic carbocycles. The van der Waals surface area contributed by atoms with Crippen LogP contribution in [0.3, 0.4) is 0 Å². The van der Waals surface area contributed by atoms with Gasteiger partial charge in [0.2, 0.25) is 0 Å². The highest BCUT2D eigenvalue weighted by atomic mass is 79.9. The fourth-order valence-electron chi connectivity index (χ4n) is 2.59. The number of esters is 1. The predicted octanol–water partition coefficient (Wildman–Crippen LogP) is 3.02. The van der Waals surface area contributed by atoms with E-state index in [-0.39, 0.29) is 11.9 Å². The van der Waals surface area contributed by atoms with Crippen molar-refractivity contribution < 1.29 is 14.3 Å². The average molecular weight is 357 g/mol. The van der Waals surface area contributed by atoms with E-state index in [4.69, 9.17) is 4.74 Å². The van der Waals surface area contributed by atoms with Crippen LogP contribution in [0.2, 0.25) is 0 Å². The third-order valence-electron chi connectivity index (χ3n) is 3.96. The third kappa shape index (κ3) is 4.33. The van der Waals surface area contributed by atoms with Crippen LogP contribution < -0.4 is 5.32 Å². The zero-order chi connectivity index (χ0) is 15.4. The highest BCUT2D eigenvalue weighted by Gasteiger charge is 2.26. The quantitative estimate of drug-likeness (QED) is 0.814. The first-order valence-corrected chi connectivity index (χ1v) is 8.12. The Balaban J connectivity index is 1.86. The van der Waals surface area contributed by atoms with Crippen LogP contribution in [0, 0.1) is 5.92 Å². The first-order chi connectivity index (χ1) is 9.97. The first kappa shape index (κ1) is 16.1. The predicted molar refractivity (Wildman–Crippen MR) is 82.9 cm³/mol. The highest BCUT2D eigenvalue weighted by Crippen LogP contribution is 2.23. The molecule has 0 spiro atoms. The number of aromatic amines is 1. The normalized spacial score (nSPS) is 23.4. The molecule has 1 heterocycles. The Bertz CT molecular complexity index is 515. The lowest BCUT2D eigenvalue weighted by Crippen LogP contribution is -2.46. The molecule has 3 atom stereocenters. The number of halogens is 1. The van der Waals surface area contributed by atoms with Gasteiger partial charge in [-0.15, -0.1) is 0 Å². The Morgan fingerprint density at radius 3 is 2.76 bits per heavy atom. The number of amides is 1. The number of aromatic nitrogens is 1. The molecule has 21 heavy (non-hydrogen) atoms. The summed E-state index contributed by atoms with van der Waals surface area (Å²) < 4.78 is 5.95. The lowest BCUT2D eigenvalue weighted by Gasteiger charge is -2.30. The molecule has 1 aliphatic carbocycles. The second-order valence-corrected chi connectivity index (χ2v) is 6.57. The maximum Gasteiger partial charge on any atom is 0.355 e. The Morgan fingerprint density at radius 2 is 2.14 bits per heavy atom. The monoisotopic (exact) mass is 356 g/mol. The maximum absolute atomic E-state index is 12.1. The van der Waals surface area contributed by atoms with Crippen LogP contribution in [0.1, 0.15) is 50.0 Å². The highest BCUT2D eigenvalue weighted by molar-refractivity contribution is 9.10. The Kier molecular flexibility index (Phi) is 5.45. The van der Waals surface area contributed by atoms with Crippen LogP contribution in [-0.4, -0.2) is 29.0 Å². The second-order valence-electron chi connectivity index (χ2n) is 5.66. The molecule has 1 aliphatic rings. The summed E-state index contributed by atoms with van der Waals surface area (Å²) in [5.74, 6) is -0.280. The number of nitrogens with one attached hydrogen (secondary N) is 2. The molecule has 1 aromatic heterocycles. The molecule has 0 radical (unpaired) electrons. The number of hydrogen-bond donors (Lipinski definition) is 2. The lowest BCUT2D eigenvalue weighted by molar-refractivity contribution is -0.130. The molecule has 116 valence electrons. The zero-order valence-electron chi connectivity index (χ0n) is 12.3. The molecule has 2 N–H and O–H groups in total. The SMILES string of the molecule is CC(OC(=O)c1cc(Br)c[nH]1)C(=O)NC1CCCCC1C. The van der Waals surface area contributed by atoms with Crippen molar-refractivity contribution in [1.82, 2.24) is 10.3 Å². The zero-order valence-corrected chi connectivity index (χ0v) is 13.9. The standard InChI is InChI=1S/C15H21BrN2O3/c1-9-5-3-4-6-12(9)18-14(19)10(2)21-15(20)13-7-11(16)8-17-13/h7-10,12,17H,3-6H2,1-2H3,(H,18,19). The molecule has 0 saturated heterocycles. The molecule has 5 nitrogen and oxygen atoms in total. The van der Waals surface area contributed by atoms with Crippen molar-refractivity contribution in [3.05, 3.63) is 22.4 Å². The molecule has 0 bridgehead atoms. The molecule has 1 amide bonds. The van der Waals surface area contributed by atoms with E-state index in [9.17, 15) is 9.59 Å². The fourth-order valence-corrected chi connectivity index (χ4v) is 2.94. The molecule has 3 unspecified atom stereocenters. The number of rotatable bonds is 4. The van der Waals surface area contributed by atoms with Crippen LogP contribution in [0.5, 0.6) is 0 Å². The summed E-state index contributed by atoms with van der Waals surface area (Å²) in [6.07, 6.45) is 5.34. The summed E-state index contributed by atoms with van der Waals surface area (Å²) in [5.41, 5.74) is 0.326. The summed E-state index contributed by atoms with van der Waals surface area (Å²) >= 11 is 3.25. The molecule has 6 heteroatoms. The van der Waals surface area contributed by atoms with Crippen molar-refractivity contribution >= 4 is 27.8 Å². The molecular formula is C15H21BrN2O3. The lowest BCUT2D eigenvalue weighted by atomic mass is 9.86. The van der Waals surface area contributed by atoms with Crippen molar-refractivity contribution in [2.75, 3.05) is 0 Å². The summed E-state index contributed by atoms with van der Waals surface area (Å²) in [4.78, 5) is 26.8. The van der Waals surface area contributed by atoms with E-state index in [1.807, 2.05) is 0 Å². The van der Waals surface area contributed by atoms with E-state index in [1.165, 1.54) is 6.42 Å². The van der Waals surface area contributed by atoms with Crippen molar-refractivity contribution in [2.24, 2.45) is 5.92 Å². The minimum absolute atomic E-state index is 0.187. The molecule has 2 rings (SSSR count). The van der Waals surface area contributed by atoms with Gasteiger partial charge >= 0.3 is 5.97 Å². The number of H-pyrrole nitrogens is 1. The minimum Gasteiger partial charge on any atom is -0.448 e. The number of ether oxygens (including phenoxy) is 1. The molecule has 1 saturated carbocycles. The Morgan fingerprint density at radius 1 is 1.43 bits per heavy atom. The third-order valence-corrected chi connectivity index (χ3v) is 4.42. The molecule has 1 aromatic rings. The van der Waals surface area contributed by atoms with Gasteiger partial charge in [-0.05, 0) is 47.7 Å². The maximum atomic E-state index is 12.1. The van der Waals surface area contributed by atoms with E-state index in [0.29, 0.717) is 11.6 Å². The van der Waals surface area contributed by atoms with Crippen LogP contribution in [0.25, 0.3) is 0 Å². The fraction of sp³-hybridized carbons (Fsp3) is 0.600. The summed E-state index contributed by atoms with van der Waals surface area (Å²) in [5, 5.41) is 2.99. The van der Waals surface area contributed by atoms with Crippen LogP contribution in [0.4, 0.5) is 0 Å². The number of hydrogen-bond acceptors (Lipinski definition) is 3. The first-order valence-electron chi connectivity index (χ1n) is 7.32. The van der Waals surface area contributed by atoms with Gasteiger partial charge in [-0.1, -0.05) is 19.8 Å². The Labute approximate surface area is 133 Å². The molecule has 0 aliphatic heterocycles. The van der Waals surface area contributed by atoms with Crippen LogP contribution >= 0.6 is 15.9 Å². The summed E-state index contributed by atoms with van der Waals surface area (Å²) in [6, 6.07) is 1.81. The largest absolute Gasteiger partial charge is 0.448 e. The van der Waals surface area contributed by atoms with Gasteiger partial charge in [-0.25, -0.2) is 4.79 Å². The second kappa shape index (κ2) is 7.11. The Hall–Kier alpha value is -1.30. The van der Waals surface area contributed by atoms with Crippen molar-refractivity contribution in [3.63, 3.8) is 0 Å². The number of carbonyl (C=O) groups is 2. The van der Waals surface area contributed by atoms with Gasteiger partial charge in [0, 0.05) is 16.7 Å². The topological polar surface area (TPSA) is 71.2 Å². The van der Waals surface area contributed by atoms with Gasteiger partial charge in [0.15, 0.2) is 6.10 Å². The van der Waals surface area contributed by atoms with E-state index < -0.39 is 12.1 Å². The van der Waals surface area contributed by atoms with E-state index in [1.54, 1.807) is 19.2 Å². The summed E-state index contributed by atoms with van der Waals surface area (Å²) in [7, 11) is 0. The van der Waals surface area contributed by atoms with Gasteiger partial charge in [-0.2, -0.15) is 0 Å². The molecule has 1 fully saturated rings. The van der Waals surface area contributed by atoms with Gasteiger partial charge in [0.25, 0.3) is 5.91 Å².